The largest absolute Gasteiger partial charge is 0.491 e. The summed E-state index contributed by atoms with van der Waals surface area (Å²) in [5, 5.41) is 0. The minimum absolute atomic E-state index is 0.113. The number of likely N-dealkylation sites (N-methyl/N-ethyl adjacent to an activating group) is 1. The highest BCUT2D eigenvalue weighted by Crippen LogP contribution is 2.32. The minimum Gasteiger partial charge on any atom is -0.491 e. The van der Waals surface area contributed by atoms with E-state index < -0.39 is 15.7 Å². The first-order valence-electron chi connectivity index (χ1n) is 13.3. The van der Waals surface area contributed by atoms with Crippen molar-refractivity contribution >= 4 is 21.4 Å². The fraction of sp³-hybridized carbons (Fsp3) is 0.367. The van der Waals surface area contributed by atoms with Crippen molar-refractivity contribution in [2.75, 3.05) is 57.5 Å². The number of nitrogens with zero attached hydrogens (tertiary/aromatic N) is 3. The molecule has 0 unspecified atom stereocenters. The van der Waals surface area contributed by atoms with Crippen molar-refractivity contribution in [1.82, 2.24) is 9.80 Å². The van der Waals surface area contributed by atoms with Crippen LogP contribution in [0.5, 0.6) is 5.75 Å². The number of halogens is 1. The van der Waals surface area contributed by atoms with Crippen LogP contribution in [0.25, 0.3) is 11.1 Å². The lowest BCUT2D eigenvalue weighted by Crippen LogP contribution is -2.44. The average Bonchev–Trinajstić information content (AvgIpc) is 3.14. The molecule has 0 atom stereocenters. The van der Waals surface area contributed by atoms with Crippen LogP contribution >= 0.6 is 0 Å². The van der Waals surface area contributed by atoms with E-state index in [0.29, 0.717) is 19.7 Å². The standard InChI is InChI=1S/C30H34FN3O4S/c1-4-25-26(10-12-28(29(25)31)39(3,36)37)30(35)34-17-18-38-27-11-7-22(19-23(27)20-34)21-5-8-24(9-6-21)33-15-13-32(2)14-16-33/h5-12,19H,4,13-18,20H2,1-3H3. The normalized spacial score (nSPS) is 16.4. The first-order chi connectivity index (χ1) is 18.7. The number of hydrogen-bond acceptors (Lipinski definition) is 6. The van der Waals surface area contributed by atoms with Gasteiger partial charge in [-0.3, -0.25) is 4.79 Å². The molecule has 39 heavy (non-hydrogen) atoms. The maximum absolute atomic E-state index is 15.1. The Morgan fingerprint density at radius 2 is 1.64 bits per heavy atom. The Kier molecular flexibility index (Phi) is 7.64. The number of ether oxygens (including phenoxy) is 1. The second kappa shape index (κ2) is 11.0. The molecule has 0 saturated carbocycles. The quantitative estimate of drug-likeness (QED) is 0.473. The SMILES string of the molecule is CCc1c(C(=O)N2CCOc3ccc(-c4ccc(N5CCN(C)CC5)cc4)cc3C2)ccc(S(C)(=O)=O)c1F. The number of piperazine rings is 1. The highest BCUT2D eigenvalue weighted by Gasteiger charge is 2.27. The van der Waals surface area contributed by atoms with Gasteiger partial charge in [0.25, 0.3) is 5.91 Å². The predicted molar refractivity (Wildman–Crippen MR) is 151 cm³/mol. The van der Waals surface area contributed by atoms with Crippen LogP contribution in [0.1, 0.15) is 28.4 Å². The third-order valence-electron chi connectivity index (χ3n) is 7.59. The minimum atomic E-state index is -3.75. The molecular weight excluding hydrogens is 517 g/mol. The second-order valence-electron chi connectivity index (χ2n) is 10.3. The highest BCUT2D eigenvalue weighted by atomic mass is 32.2. The Morgan fingerprint density at radius 3 is 2.31 bits per heavy atom. The summed E-state index contributed by atoms with van der Waals surface area (Å²) in [6, 6.07) is 17.2. The van der Waals surface area contributed by atoms with Gasteiger partial charge in [-0.25, -0.2) is 12.8 Å². The van der Waals surface area contributed by atoms with Gasteiger partial charge < -0.3 is 19.4 Å². The molecule has 206 valence electrons. The number of carbonyl (C=O) groups excluding carboxylic acids is 1. The summed E-state index contributed by atoms with van der Waals surface area (Å²) in [7, 11) is -1.60. The van der Waals surface area contributed by atoms with E-state index in [9.17, 15) is 13.2 Å². The molecule has 2 aliphatic heterocycles. The summed E-state index contributed by atoms with van der Waals surface area (Å²) in [6.45, 7) is 6.78. The average molecular weight is 552 g/mol. The topological polar surface area (TPSA) is 70.2 Å². The molecule has 3 aromatic carbocycles. The zero-order valence-electron chi connectivity index (χ0n) is 22.6. The molecule has 3 aromatic rings. The van der Waals surface area contributed by atoms with Crippen LogP contribution in [0.4, 0.5) is 10.1 Å². The van der Waals surface area contributed by atoms with Gasteiger partial charge in [-0.1, -0.05) is 25.1 Å². The van der Waals surface area contributed by atoms with Crippen LogP contribution in [-0.4, -0.2) is 76.8 Å². The van der Waals surface area contributed by atoms with E-state index in [1.165, 1.54) is 17.8 Å². The summed E-state index contributed by atoms with van der Waals surface area (Å²) in [6.07, 6.45) is 1.17. The molecule has 9 heteroatoms. The fourth-order valence-corrected chi connectivity index (χ4v) is 6.04. The monoisotopic (exact) mass is 551 g/mol. The lowest BCUT2D eigenvalue weighted by molar-refractivity contribution is 0.0731. The van der Waals surface area contributed by atoms with E-state index in [1.807, 2.05) is 18.2 Å². The third-order valence-corrected chi connectivity index (χ3v) is 8.70. The van der Waals surface area contributed by atoms with Gasteiger partial charge in [0, 0.05) is 61.4 Å². The molecule has 1 saturated heterocycles. The maximum Gasteiger partial charge on any atom is 0.254 e. The Labute approximate surface area is 229 Å². The van der Waals surface area contributed by atoms with E-state index >= 15 is 4.39 Å². The van der Waals surface area contributed by atoms with Crippen LogP contribution in [-0.2, 0) is 22.8 Å². The van der Waals surface area contributed by atoms with Gasteiger partial charge in [0.15, 0.2) is 9.84 Å². The van der Waals surface area contributed by atoms with Crippen LogP contribution in [0.2, 0.25) is 0 Å². The van der Waals surface area contributed by atoms with Gasteiger partial charge >= 0.3 is 0 Å². The van der Waals surface area contributed by atoms with Crippen LogP contribution in [0.15, 0.2) is 59.5 Å². The van der Waals surface area contributed by atoms with Crippen LogP contribution < -0.4 is 9.64 Å². The predicted octanol–water partition coefficient (Wildman–Crippen LogP) is 4.25. The number of rotatable bonds is 5. The molecule has 0 N–H and O–H groups in total. The molecule has 0 bridgehead atoms. The summed E-state index contributed by atoms with van der Waals surface area (Å²) < 4.78 is 45.0. The van der Waals surface area contributed by atoms with Crippen molar-refractivity contribution < 1.29 is 22.3 Å². The molecule has 2 heterocycles. The van der Waals surface area contributed by atoms with Crippen LogP contribution in [0, 0.1) is 5.82 Å². The number of sulfone groups is 1. The Hall–Kier alpha value is -3.43. The molecule has 0 spiro atoms. The molecule has 0 aliphatic carbocycles. The maximum atomic E-state index is 15.1. The zero-order chi connectivity index (χ0) is 27.7. The number of hydrogen-bond donors (Lipinski definition) is 0. The van der Waals surface area contributed by atoms with E-state index in [2.05, 4.69) is 41.1 Å². The fourth-order valence-electron chi connectivity index (χ4n) is 5.28. The van der Waals surface area contributed by atoms with E-state index in [1.54, 1.807) is 11.8 Å². The van der Waals surface area contributed by atoms with E-state index in [0.717, 1.165) is 54.9 Å². The van der Waals surface area contributed by atoms with Gasteiger partial charge in [-0.15, -0.1) is 0 Å². The molecule has 2 aliphatic rings. The van der Waals surface area contributed by atoms with Gasteiger partial charge in [0.1, 0.15) is 23.1 Å². The molecule has 7 nitrogen and oxygen atoms in total. The number of benzene rings is 3. The number of fused-ring (bicyclic) bond motifs is 1. The first-order valence-corrected chi connectivity index (χ1v) is 15.1. The summed E-state index contributed by atoms with van der Waals surface area (Å²) in [4.78, 5) is 19.5. The smallest absolute Gasteiger partial charge is 0.254 e. The van der Waals surface area contributed by atoms with Gasteiger partial charge in [-0.2, -0.15) is 0 Å². The summed E-state index contributed by atoms with van der Waals surface area (Å²) >= 11 is 0. The molecule has 1 amide bonds. The number of carbonyl (C=O) groups is 1. The molecule has 5 rings (SSSR count). The second-order valence-corrected chi connectivity index (χ2v) is 12.2. The molecule has 0 radical (unpaired) electrons. The molecule has 1 fully saturated rings. The van der Waals surface area contributed by atoms with Crippen molar-refractivity contribution in [3.63, 3.8) is 0 Å². The molecular formula is C30H34FN3O4S. The third kappa shape index (κ3) is 5.65. The molecule has 0 aromatic heterocycles. The van der Waals surface area contributed by atoms with E-state index in [4.69, 9.17) is 4.74 Å². The first kappa shape index (κ1) is 27.1. The Balaban J connectivity index is 1.39. The van der Waals surface area contributed by atoms with Gasteiger partial charge in [0.05, 0.1) is 6.54 Å². The van der Waals surface area contributed by atoms with Crippen molar-refractivity contribution in [3.05, 3.63) is 77.1 Å². The highest BCUT2D eigenvalue weighted by molar-refractivity contribution is 7.90. The van der Waals surface area contributed by atoms with Gasteiger partial charge in [-0.05, 0) is 61.0 Å². The lowest BCUT2D eigenvalue weighted by Gasteiger charge is -2.34. The summed E-state index contributed by atoms with van der Waals surface area (Å²) in [5.74, 6) is -0.471. The number of amides is 1. The number of anilines is 1. The lowest BCUT2D eigenvalue weighted by atomic mass is 10.0. The summed E-state index contributed by atoms with van der Waals surface area (Å²) in [5.41, 5.74) is 4.47. The van der Waals surface area contributed by atoms with Crippen molar-refractivity contribution in [2.24, 2.45) is 0 Å². The Bertz CT molecular complexity index is 1480. The van der Waals surface area contributed by atoms with E-state index in [-0.39, 0.29) is 28.4 Å². The van der Waals surface area contributed by atoms with Crippen LogP contribution in [0.3, 0.4) is 0 Å². The zero-order valence-corrected chi connectivity index (χ0v) is 23.4. The van der Waals surface area contributed by atoms with Crippen molar-refractivity contribution in [1.29, 1.82) is 0 Å². The van der Waals surface area contributed by atoms with Crippen molar-refractivity contribution in [2.45, 2.75) is 24.8 Å². The van der Waals surface area contributed by atoms with Gasteiger partial charge in [0.2, 0.25) is 0 Å². The van der Waals surface area contributed by atoms with Crippen molar-refractivity contribution in [3.8, 4) is 16.9 Å². The Morgan fingerprint density at radius 1 is 0.949 bits per heavy atom.